The van der Waals surface area contributed by atoms with Crippen molar-refractivity contribution >= 4 is 5.97 Å². The van der Waals surface area contributed by atoms with Crippen LogP contribution in [0, 0.1) is 5.41 Å². The second-order valence-electron chi connectivity index (χ2n) is 4.73. The Hall–Kier alpha value is -1.45. The third-order valence-corrected chi connectivity index (χ3v) is 2.70. The topological polar surface area (TPSA) is 37.3 Å². The summed E-state index contributed by atoms with van der Waals surface area (Å²) < 4.78 is 24.8. The predicted molar refractivity (Wildman–Crippen MR) is 61.3 cm³/mol. The van der Waals surface area contributed by atoms with Gasteiger partial charge in [-0.15, -0.1) is 0 Å². The van der Waals surface area contributed by atoms with Gasteiger partial charge in [-0.3, -0.25) is 4.79 Å². The molecule has 0 aliphatic heterocycles. The van der Waals surface area contributed by atoms with Crippen molar-refractivity contribution < 1.29 is 18.7 Å². The smallest absolute Gasteiger partial charge is 0.309 e. The molecular weight excluding hydrogens is 226 g/mol. The van der Waals surface area contributed by atoms with Crippen LogP contribution < -0.4 is 0 Å². The number of rotatable bonds is 5. The van der Waals surface area contributed by atoms with Gasteiger partial charge in [-0.25, -0.2) is 8.78 Å². The first-order valence-corrected chi connectivity index (χ1v) is 5.41. The Labute approximate surface area is 99.3 Å². The molecule has 0 aliphatic rings. The Morgan fingerprint density at radius 1 is 1.29 bits per heavy atom. The lowest BCUT2D eigenvalue weighted by Gasteiger charge is -2.20. The predicted octanol–water partition coefficient (Wildman–Crippen LogP) is 3.15. The van der Waals surface area contributed by atoms with Gasteiger partial charge in [-0.1, -0.05) is 24.3 Å². The molecule has 0 saturated heterocycles. The number of hydrogen-bond donors (Lipinski definition) is 1. The summed E-state index contributed by atoms with van der Waals surface area (Å²) in [5, 5.41) is 9.03. The second-order valence-corrected chi connectivity index (χ2v) is 4.73. The number of hydrogen-bond acceptors (Lipinski definition) is 1. The normalized spacial score (nSPS) is 11.8. The molecule has 2 nitrogen and oxygen atoms in total. The number of carboxylic acids is 1. The van der Waals surface area contributed by atoms with Crippen molar-refractivity contribution in [2.24, 2.45) is 5.41 Å². The average molecular weight is 242 g/mol. The van der Waals surface area contributed by atoms with E-state index in [0.29, 0.717) is 11.1 Å². The van der Waals surface area contributed by atoms with Crippen LogP contribution in [0.5, 0.6) is 0 Å². The minimum absolute atomic E-state index is 0.255. The Morgan fingerprint density at radius 3 is 2.29 bits per heavy atom. The molecule has 0 saturated carbocycles. The number of carboxylic acid groups (broad SMARTS) is 1. The molecular formula is C13H16F2O2. The molecule has 94 valence electrons. The highest BCUT2D eigenvalue weighted by Gasteiger charge is 2.28. The summed E-state index contributed by atoms with van der Waals surface area (Å²) in [6.45, 7) is 3.18. The third kappa shape index (κ3) is 3.80. The van der Waals surface area contributed by atoms with Crippen molar-refractivity contribution in [3.05, 3.63) is 35.4 Å². The van der Waals surface area contributed by atoms with Crippen LogP contribution in [-0.4, -0.2) is 17.5 Å². The summed E-state index contributed by atoms with van der Waals surface area (Å²) in [4.78, 5) is 11.0. The molecule has 0 radical (unpaired) electrons. The van der Waals surface area contributed by atoms with Gasteiger partial charge in [0.15, 0.2) is 0 Å². The van der Waals surface area contributed by atoms with E-state index in [0.717, 1.165) is 0 Å². The lowest BCUT2D eigenvalue weighted by atomic mass is 9.84. The molecule has 1 rings (SSSR count). The molecule has 0 aromatic heterocycles. The maximum absolute atomic E-state index is 12.4. The number of halogens is 2. The maximum Gasteiger partial charge on any atom is 0.309 e. The molecule has 1 aromatic rings. The summed E-state index contributed by atoms with van der Waals surface area (Å²) in [6, 6.07) is 6.76. The lowest BCUT2D eigenvalue weighted by molar-refractivity contribution is -0.146. The molecule has 0 aliphatic carbocycles. The summed E-state index contributed by atoms with van der Waals surface area (Å²) in [7, 11) is 0. The van der Waals surface area contributed by atoms with Crippen molar-refractivity contribution in [3.63, 3.8) is 0 Å². The minimum atomic E-state index is -2.41. The van der Waals surface area contributed by atoms with Crippen LogP contribution in [-0.2, 0) is 17.6 Å². The van der Waals surface area contributed by atoms with E-state index in [1.165, 1.54) is 0 Å². The highest BCUT2D eigenvalue weighted by Crippen LogP contribution is 2.25. The molecule has 0 amide bonds. The number of benzene rings is 1. The first-order chi connectivity index (χ1) is 7.83. The quantitative estimate of drug-likeness (QED) is 0.861. The van der Waals surface area contributed by atoms with Gasteiger partial charge in [0, 0.05) is 6.42 Å². The van der Waals surface area contributed by atoms with E-state index >= 15 is 0 Å². The molecule has 4 heteroatoms. The maximum atomic E-state index is 12.4. The van der Waals surface area contributed by atoms with Crippen molar-refractivity contribution in [3.8, 4) is 0 Å². The van der Waals surface area contributed by atoms with Crippen LogP contribution in [0.25, 0.3) is 0 Å². The fourth-order valence-electron chi connectivity index (χ4n) is 1.65. The number of alkyl halides is 2. The van der Waals surface area contributed by atoms with Gasteiger partial charge in [0.25, 0.3) is 0 Å². The van der Waals surface area contributed by atoms with E-state index in [1.807, 2.05) is 0 Å². The van der Waals surface area contributed by atoms with E-state index in [1.54, 1.807) is 38.1 Å². The standard InChI is InChI=1S/C13H16F2O2/c1-13(2,12(16)17)8-10-6-4-3-5-9(10)7-11(14)15/h3-6,11H,7-8H2,1-2H3,(H,16,17). The Balaban J connectivity index is 2.94. The molecule has 0 heterocycles. The molecule has 1 N–H and O–H groups in total. The number of aliphatic carboxylic acids is 1. The highest BCUT2D eigenvalue weighted by molar-refractivity contribution is 5.74. The van der Waals surface area contributed by atoms with Crippen LogP contribution >= 0.6 is 0 Å². The molecule has 0 spiro atoms. The zero-order valence-electron chi connectivity index (χ0n) is 9.91. The largest absolute Gasteiger partial charge is 0.481 e. The van der Waals surface area contributed by atoms with Gasteiger partial charge in [0.2, 0.25) is 6.43 Å². The van der Waals surface area contributed by atoms with Crippen LogP contribution in [0.15, 0.2) is 24.3 Å². The lowest BCUT2D eigenvalue weighted by Crippen LogP contribution is -2.26. The molecule has 0 unspecified atom stereocenters. The zero-order valence-corrected chi connectivity index (χ0v) is 9.91. The summed E-state index contributed by atoms with van der Waals surface area (Å²) in [6.07, 6.45) is -2.49. The fourth-order valence-corrected chi connectivity index (χ4v) is 1.65. The first kappa shape index (κ1) is 13.6. The Morgan fingerprint density at radius 2 is 1.82 bits per heavy atom. The van der Waals surface area contributed by atoms with Crippen LogP contribution in [0.1, 0.15) is 25.0 Å². The molecule has 17 heavy (non-hydrogen) atoms. The van der Waals surface area contributed by atoms with Crippen molar-refractivity contribution in [2.75, 3.05) is 0 Å². The minimum Gasteiger partial charge on any atom is -0.481 e. The van der Waals surface area contributed by atoms with Crippen LogP contribution in [0.2, 0.25) is 0 Å². The van der Waals surface area contributed by atoms with E-state index in [4.69, 9.17) is 5.11 Å². The third-order valence-electron chi connectivity index (χ3n) is 2.70. The molecule has 0 fully saturated rings. The summed E-state index contributed by atoms with van der Waals surface area (Å²) in [5.41, 5.74) is 0.259. The van der Waals surface area contributed by atoms with Crippen LogP contribution in [0.3, 0.4) is 0 Å². The van der Waals surface area contributed by atoms with E-state index < -0.39 is 17.8 Å². The van der Waals surface area contributed by atoms with E-state index in [2.05, 4.69) is 0 Å². The van der Waals surface area contributed by atoms with Gasteiger partial charge in [0.1, 0.15) is 0 Å². The van der Waals surface area contributed by atoms with Gasteiger partial charge in [-0.2, -0.15) is 0 Å². The zero-order chi connectivity index (χ0) is 13.1. The van der Waals surface area contributed by atoms with Crippen molar-refractivity contribution in [1.29, 1.82) is 0 Å². The second kappa shape index (κ2) is 5.25. The summed E-state index contributed by atoms with van der Waals surface area (Å²) in [5.74, 6) is -0.927. The Kier molecular flexibility index (Phi) is 4.21. The monoisotopic (exact) mass is 242 g/mol. The van der Waals surface area contributed by atoms with Crippen LogP contribution in [0.4, 0.5) is 8.78 Å². The van der Waals surface area contributed by atoms with E-state index in [-0.39, 0.29) is 12.8 Å². The molecule has 0 bridgehead atoms. The fraction of sp³-hybridized carbons (Fsp3) is 0.462. The van der Waals surface area contributed by atoms with Gasteiger partial charge >= 0.3 is 5.97 Å². The Bertz CT molecular complexity index is 400. The van der Waals surface area contributed by atoms with Gasteiger partial charge in [0.05, 0.1) is 5.41 Å². The van der Waals surface area contributed by atoms with E-state index in [9.17, 15) is 13.6 Å². The highest BCUT2D eigenvalue weighted by atomic mass is 19.3. The van der Waals surface area contributed by atoms with Gasteiger partial charge < -0.3 is 5.11 Å². The molecule has 0 atom stereocenters. The van der Waals surface area contributed by atoms with Crippen molar-refractivity contribution in [2.45, 2.75) is 33.1 Å². The number of carbonyl (C=O) groups is 1. The SMILES string of the molecule is CC(C)(Cc1ccccc1CC(F)F)C(=O)O. The summed E-state index contributed by atoms with van der Waals surface area (Å²) >= 11 is 0. The van der Waals surface area contributed by atoms with Crippen molar-refractivity contribution in [1.82, 2.24) is 0 Å². The van der Waals surface area contributed by atoms with Gasteiger partial charge in [-0.05, 0) is 31.4 Å². The first-order valence-electron chi connectivity index (χ1n) is 5.41. The molecule has 1 aromatic carbocycles. The average Bonchev–Trinajstić information content (AvgIpc) is 2.19.